The van der Waals surface area contributed by atoms with Gasteiger partial charge in [0.25, 0.3) is 0 Å². The van der Waals surface area contributed by atoms with Crippen LogP contribution in [0.3, 0.4) is 0 Å². The molecule has 2 aromatic heterocycles. The molecule has 0 N–H and O–H groups in total. The van der Waals surface area contributed by atoms with Gasteiger partial charge in [0.15, 0.2) is 5.16 Å². The lowest BCUT2D eigenvalue weighted by Gasteiger charge is -2.30. The number of ether oxygens (including phenoxy) is 3. The average Bonchev–Trinajstić information content (AvgIpc) is 3.65. The van der Waals surface area contributed by atoms with Crippen LogP contribution in [0.1, 0.15) is 18.9 Å². The van der Waals surface area contributed by atoms with Gasteiger partial charge in [-0.05, 0) is 49.1 Å². The SMILES string of the molecule is CCCn1c(-c2ccc(OC[C@@H]3CO[C@@](Cn4ccnc4)(c4ccc(Cl)cc4Cl)O3)cc2)cnc1SC. The van der Waals surface area contributed by atoms with E-state index in [1.807, 2.05) is 35.2 Å². The van der Waals surface area contributed by atoms with Crippen molar-refractivity contribution < 1.29 is 14.2 Å². The number of hydrogen-bond donors (Lipinski definition) is 0. The number of benzene rings is 2. The van der Waals surface area contributed by atoms with Crippen LogP contribution in [0.2, 0.25) is 10.0 Å². The summed E-state index contributed by atoms with van der Waals surface area (Å²) in [6.07, 6.45) is 10.0. The molecule has 2 atom stereocenters. The van der Waals surface area contributed by atoms with Crippen LogP contribution in [0.25, 0.3) is 11.3 Å². The van der Waals surface area contributed by atoms with Gasteiger partial charge in [-0.1, -0.05) is 48.0 Å². The van der Waals surface area contributed by atoms with Crippen molar-refractivity contribution in [2.24, 2.45) is 0 Å². The molecule has 1 fully saturated rings. The molecular formula is C27H28Cl2N4O3S. The van der Waals surface area contributed by atoms with Crippen LogP contribution in [0.4, 0.5) is 0 Å². The Morgan fingerprint density at radius 3 is 2.73 bits per heavy atom. The summed E-state index contributed by atoms with van der Waals surface area (Å²) in [6.45, 7) is 4.19. The molecular weight excluding hydrogens is 531 g/mol. The van der Waals surface area contributed by atoms with E-state index in [0.29, 0.717) is 35.4 Å². The lowest BCUT2D eigenvalue weighted by molar-refractivity contribution is -0.189. The number of thioether (sulfide) groups is 1. The van der Waals surface area contributed by atoms with Gasteiger partial charge in [0.05, 0.1) is 36.4 Å². The highest BCUT2D eigenvalue weighted by Gasteiger charge is 2.45. The van der Waals surface area contributed by atoms with Crippen molar-refractivity contribution in [3.63, 3.8) is 0 Å². The van der Waals surface area contributed by atoms with Gasteiger partial charge in [-0.2, -0.15) is 0 Å². The van der Waals surface area contributed by atoms with Crippen molar-refractivity contribution in [3.8, 4) is 17.0 Å². The van der Waals surface area contributed by atoms with Crippen molar-refractivity contribution in [2.75, 3.05) is 19.5 Å². The van der Waals surface area contributed by atoms with E-state index in [2.05, 4.69) is 39.8 Å². The van der Waals surface area contributed by atoms with E-state index in [4.69, 9.17) is 37.4 Å². The quantitative estimate of drug-likeness (QED) is 0.206. The first kappa shape index (κ1) is 26.1. The van der Waals surface area contributed by atoms with Crippen LogP contribution < -0.4 is 4.74 Å². The molecule has 0 bridgehead atoms. The Kier molecular flexibility index (Phi) is 8.12. The third-order valence-electron chi connectivity index (χ3n) is 6.19. The highest BCUT2D eigenvalue weighted by atomic mass is 35.5. The second-order valence-electron chi connectivity index (χ2n) is 8.78. The van der Waals surface area contributed by atoms with Gasteiger partial charge < -0.3 is 23.3 Å². The van der Waals surface area contributed by atoms with Crippen molar-refractivity contribution in [1.29, 1.82) is 0 Å². The molecule has 7 nitrogen and oxygen atoms in total. The first-order chi connectivity index (χ1) is 18.0. The van der Waals surface area contributed by atoms with E-state index in [-0.39, 0.29) is 6.10 Å². The minimum Gasteiger partial charge on any atom is -0.491 e. The lowest BCUT2D eigenvalue weighted by Crippen LogP contribution is -2.34. The van der Waals surface area contributed by atoms with Crippen molar-refractivity contribution in [2.45, 2.75) is 43.5 Å². The second-order valence-corrected chi connectivity index (χ2v) is 10.4. The van der Waals surface area contributed by atoms with Crippen LogP contribution >= 0.6 is 35.0 Å². The molecule has 0 aliphatic carbocycles. The lowest BCUT2D eigenvalue weighted by atomic mass is 10.1. The largest absolute Gasteiger partial charge is 0.491 e. The number of rotatable bonds is 10. The first-order valence-corrected chi connectivity index (χ1v) is 14.0. The van der Waals surface area contributed by atoms with Crippen molar-refractivity contribution in [3.05, 3.63) is 83.0 Å². The van der Waals surface area contributed by atoms with Gasteiger partial charge in [-0.25, -0.2) is 9.97 Å². The van der Waals surface area contributed by atoms with E-state index in [9.17, 15) is 0 Å². The predicted molar refractivity (Wildman–Crippen MR) is 146 cm³/mol. The summed E-state index contributed by atoms with van der Waals surface area (Å²) in [7, 11) is 0. The fourth-order valence-electron chi connectivity index (χ4n) is 4.48. The summed E-state index contributed by atoms with van der Waals surface area (Å²) in [5.74, 6) is -0.317. The van der Waals surface area contributed by atoms with Crippen molar-refractivity contribution >= 4 is 35.0 Å². The molecule has 194 valence electrons. The zero-order valence-corrected chi connectivity index (χ0v) is 23.0. The first-order valence-electron chi connectivity index (χ1n) is 12.1. The molecule has 37 heavy (non-hydrogen) atoms. The molecule has 0 amide bonds. The maximum Gasteiger partial charge on any atom is 0.215 e. The molecule has 1 saturated heterocycles. The Balaban J connectivity index is 1.28. The Labute approximate surface area is 230 Å². The highest BCUT2D eigenvalue weighted by molar-refractivity contribution is 7.98. The summed E-state index contributed by atoms with van der Waals surface area (Å²) < 4.78 is 23.0. The molecule has 5 rings (SSSR count). The highest BCUT2D eigenvalue weighted by Crippen LogP contribution is 2.40. The van der Waals surface area contributed by atoms with Gasteiger partial charge >= 0.3 is 0 Å². The van der Waals surface area contributed by atoms with E-state index >= 15 is 0 Å². The van der Waals surface area contributed by atoms with E-state index in [1.54, 1.807) is 36.4 Å². The van der Waals surface area contributed by atoms with Gasteiger partial charge in [0.2, 0.25) is 5.79 Å². The number of hydrogen-bond acceptors (Lipinski definition) is 6. The summed E-state index contributed by atoms with van der Waals surface area (Å²) in [4.78, 5) is 8.70. The number of halogens is 2. The van der Waals surface area contributed by atoms with Crippen LogP contribution in [0.5, 0.6) is 5.75 Å². The van der Waals surface area contributed by atoms with E-state index < -0.39 is 5.79 Å². The standard InChI is InChI=1S/C27H28Cl2N4O3S/c1-3-11-33-25(14-31-26(33)37-2)19-4-7-21(8-5-19)34-15-22-16-35-27(36-22,17-32-12-10-30-18-32)23-9-6-20(28)13-24(23)29/h4-10,12-14,18,22H,3,11,15-17H2,1-2H3/t22-,27-/m1/s1. The fraction of sp³-hybridized carbons (Fsp3) is 0.333. The van der Waals surface area contributed by atoms with Crippen LogP contribution in [0, 0.1) is 0 Å². The van der Waals surface area contributed by atoms with Gasteiger partial charge in [0, 0.05) is 35.1 Å². The maximum atomic E-state index is 6.56. The minimum atomic E-state index is -1.08. The maximum absolute atomic E-state index is 6.56. The molecule has 2 aromatic carbocycles. The van der Waals surface area contributed by atoms with E-state index in [1.165, 1.54) is 0 Å². The molecule has 0 spiro atoms. The molecule has 1 aliphatic rings. The monoisotopic (exact) mass is 558 g/mol. The van der Waals surface area contributed by atoms with Gasteiger partial charge in [-0.15, -0.1) is 0 Å². The summed E-state index contributed by atoms with van der Waals surface area (Å²) in [5, 5.41) is 2.06. The smallest absolute Gasteiger partial charge is 0.215 e. The molecule has 1 aliphatic heterocycles. The van der Waals surface area contributed by atoms with E-state index in [0.717, 1.165) is 35.1 Å². The minimum absolute atomic E-state index is 0.287. The van der Waals surface area contributed by atoms with Crippen LogP contribution in [0.15, 0.2) is 72.5 Å². The Morgan fingerprint density at radius 2 is 2.03 bits per heavy atom. The third kappa shape index (κ3) is 5.68. The second kappa shape index (κ2) is 11.5. The third-order valence-corrected chi connectivity index (χ3v) is 7.42. The topological polar surface area (TPSA) is 63.3 Å². The fourth-order valence-corrected chi connectivity index (χ4v) is 5.60. The van der Waals surface area contributed by atoms with Crippen LogP contribution in [-0.4, -0.2) is 44.7 Å². The Morgan fingerprint density at radius 1 is 1.19 bits per heavy atom. The summed E-state index contributed by atoms with van der Waals surface area (Å²) >= 11 is 14.4. The molecule has 3 heterocycles. The number of aromatic nitrogens is 4. The normalized spacial score (nSPS) is 19.4. The Hall–Kier alpha value is -2.49. The van der Waals surface area contributed by atoms with Crippen LogP contribution in [-0.2, 0) is 28.4 Å². The summed E-state index contributed by atoms with van der Waals surface area (Å²) in [6, 6.07) is 13.4. The average molecular weight is 560 g/mol. The zero-order valence-electron chi connectivity index (χ0n) is 20.6. The van der Waals surface area contributed by atoms with Gasteiger partial charge in [0.1, 0.15) is 18.5 Å². The number of imidazole rings is 2. The molecule has 10 heteroatoms. The number of nitrogens with zero attached hydrogens (tertiary/aromatic N) is 4. The molecule has 0 saturated carbocycles. The molecule has 4 aromatic rings. The molecule has 0 unspecified atom stereocenters. The molecule has 0 radical (unpaired) electrons. The zero-order chi connectivity index (χ0) is 25.8. The summed E-state index contributed by atoms with van der Waals surface area (Å²) in [5.41, 5.74) is 2.92. The predicted octanol–water partition coefficient (Wildman–Crippen LogP) is 6.53. The van der Waals surface area contributed by atoms with Gasteiger partial charge in [-0.3, -0.25) is 0 Å². The van der Waals surface area contributed by atoms with Crippen molar-refractivity contribution in [1.82, 2.24) is 19.1 Å². The Bertz CT molecular complexity index is 1330.